The van der Waals surface area contributed by atoms with Crippen molar-refractivity contribution >= 4 is 11.3 Å². The normalized spacial score (nSPS) is 11.3. The zero-order valence-corrected chi connectivity index (χ0v) is 13.9. The minimum Gasteiger partial charge on any atom is -0.430 e. The first-order valence-corrected chi connectivity index (χ1v) is 8.17. The third-order valence-electron chi connectivity index (χ3n) is 3.01. The molecule has 0 fully saturated rings. The summed E-state index contributed by atoms with van der Waals surface area (Å²) in [7, 11) is 0. The highest BCUT2D eigenvalue weighted by Crippen LogP contribution is 2.27. The summed E-state index contributed by atoms with van der Waals surface area (Å²) in [5, 5.41) is 13.1. The minimum absolute atomic E-state index is 0.485. The zero-order chi connectivity index (χ0) is 15.2. The molecule has 114 valence electrons. The second-order valence-electron chi connectivity index (χ2n) is 5.82. The molecule has 0 radical (unpaired) electrons. The van der Waals surface area contributed by atoms with Gasteiger partial charge in [0.25, 0.3) is 5.19 Å². The Morgan fingerprint density at radius 2 is 2.00 bits per heavy atom. The van der Waals surface area contributed by atoms with Crippen LogP contribution in [-0.4, -0.2) is 16.7 Å². The molecular weight excluding hydrogens is 282 g/mol. The number of hydrogen-bond acceptors (Lipinski definition) is 5. The van der Waals surface area contributed by atoms with Crippen molar-refractivity contribution in [1.82, 2.24) is 15.5 Å². The van der Waals surface area contributed by atoms with Crippen molar-refractivity contribution < 1.29 is 4.74 Å². The van der Waals surface area contributed by atoms with Crippen molar-refractivity contribution in [1.29, 1.82) is 0 Å². The molecule has 0 unspecified atom stereocenters. The van der Waals surface area contributed by atoms with Gasteiger partial charge in [-0.3, -0.25) is 0 Å². The van der Waals surface area contributed by atoms with Crippen LogP contribution in [0.4, 0.5) is 0 Å². The van der Waals surface area contributed by atoms with Gasteiger partial charge in [0.1, 0.15) is 10.8 Å². The van der Waals surface area contributed by atoms with Gasteiger partial charge in [-0.15, -0.1) is 5.10 Å². The first kappa shape index (κ1) is 15.9. The Morgan fingerprint density at radius 3 is 2.71 bits per heavy atom. The predicted octanol–water partition coefficient (Wildman–Crippen LogP) is 4.20. The quantitative estimate of drug-likeness (QED) is 0.833. The van der Waals surface area contributed by atoms with Crippen LogP contribution < -0.4 is 10.1 Å². The number of ether oxygens (including phenoxy) is 1. The molecule has 0 bridgehead atoms. The summed E-state index contributed by atoms with van der Waals surface area (Å²) in [6.45, 7) is 10.4. The molecular formula is C16H23N3OS. The van der Waals surface area contributed by atoms with Crippen LogP contribution in [0.2, 0.25) is 0 Å². The van der Waals surface area contributed by atoms with Crippen LogP contribution in [0.15, 0.2) is 24.3 Å². The van der Waals surface area contributed by atoms with Crippen molar-refractivity contribution in [3.8, 4) is 10.9 Å². The van der Waals surface area contributed by atoms with Gasteiger partial charge in [0.2, 0.25) is 0 Å². The van der Waals surface area contributed by atoms with E-state index in [1.165, 1.54) is 16.9 Å². The molecule has 21 heavy (non-hydrogen) atoms. The molecule has 2 aromatic rings. The van der Waals surface area contributed by atoms with E-state index in [1.807, 2.05) is 12.1 Å². The summed E-state index contributed by atoms with van der Waals surface area (Å²) in [5.74, 6) is 1.94. The second-order valence-corrected chi connectivity index (χ2v) is 6.84. The maximum absolute atomic E-state index is 5.79. The van der Waals surface area contributed by atoms with Crippen LogP contribution in [0.5, 0.6) is 10.9 Å². The predicted molar refractivity (Wildman–Crippen MR) is 87.1 cm³/mol. The lowest BCUT2D eigenvalue weighted by Gasteiger charge is -2.07. The molecule has 1 N–H and O–H groups in total. The summed E-state index contributed by atoms with van der Waals surface area (Å²) in [5.41, 5.74) is 1.26. The van der Waals surface area contributed by atoms with E-state index in [0.29, 0.717) is 17.0 Å². The van der Waals surface area contributed by atoms with E-state index >= 15 is 0 Å². The molecule has 2 rings (SSSR count). The van der Waals surface area contributed by atoms with Crippen LogP contribution in [0, 0.1) is 5.92 Å². The van der Waals surface area contributed by atoms with Crippen LogP contribution in [0.3, 0.4) is 0 Å². The summed E-state index contributed by atoms with van der Waals surface area (Å²) >= 11 is 1.49. The van der Waals surface area contributed by atoms with Crippen molar-refractivity contribution in [3.63, 3.8) is 0 Å². The monoisotopic (exact) mass is 305 g/mol. The third kappa shape index (κ3) is 5.10. The van der Waals surface area contributed by atoms with Crippen molar-refractivity contribution in [3.05, 3.63) is 34.8 Å². The van der Waals surface area contributed by atoms with E-state index in [2.05, 4.69) is 55.3 Å². The Morgan fingerprint density at radius 1 is 1.19 bits per heavy atom. The van der Waals surface area contributed by atoms with E-state index in [4.69, 9.17) is 4.74 Å². The first-order chi connectivity index (χ1) is 10.0. The fraction of sp³-hybridized carbons (Fsp3) is 0.500. The largest absolute Gasteiger partial charge is 0.430 e. The molecule has 0 aliphatic heterocycles. The standard InChI is InChI=1S/C16H23N3OS/c1-11(2)9-17-10-15-18-19-16(21-15)20-14-7-5-6-13(8-14)12(3)4/h5-8,11-12,17H,9-10H2,1-4H3. The fourth-order valence-corrected chi connectivity index (χ4v) is 2.53. The van der Waals surface area contributed by atoms with Crippen LogP contribution in [-0.2, 0) is 6.54 Å². The van der Waals surface area contributed by atoms with E-state index in [-0.39, 0.29) is 0 Å². The molecule has 0 amide bonds. The third-order valence-corrected chi connectivity index (χ3v) is 3.81. The smallest absolute Gasteiger partial charge is 0.299 e. The molecule has 1 aromatic heterocycles. The maximum Gasteiger partial charge on any atom is 0.299 e. The number of benzene rings is 1. The van der Waals surface area contributed by atoms with Gasteiger partial charge >= 0.3 is 0 Å². The molecule has 0 aliphatic rings. The minimum atomic E-state index is 0.485. The van der Waals surface area contributed by atoms with Gasteiger partial charge < -0.3 is 10.1 Å². The number of rotatable bonds is 7. The number of nitrogens with one attached hydrogen (secondary N) is 1. The summed E-state index contributed by atoms with van der Waals surface area (Å²) in [6, 6.07) is 8.13. The van der Waals surface area contributed by atoms with E-state index in [9.17, 15) is 0 Å². The lowest BCUT2D eigenvalue weighted by Crippen LogP contribution is -2.18. The average molecular weight is 305 g/mol. The maximum atomic E-state index is 5.79. The first-order valence-electron chi connectivity index (χ1n) is 7.35. The topological polar surface area (TPSA) is 47.0 Å². The molecule has 0 saturated heterocycles. The second kappa shape index (κ2) is 7.52. The molecule has 0 spiro atoms. The highest BCUT2D eigenvalue weighted by Gasteiger charge is 2.08. The SMILES string of the molecule is CC(C)CNCc1nnc(Oc2cccc(C(C)C)c2)s1. The molecule has 1 heterocycles. The Hall–Kier alpha value is -1.46. The molecule has 0 atom stereocenters. The molecule has 5 heteroatoms. The molecule has 4 nitrogen and oxygen atoms in total. The molecule has 1 aromatic carbocycles. The number of nitrogens with zero attached hydrogens (tertiary/aromatic N) is 2. The highest BCUT2D eigenvalue weighted by molar-refractivity contribution is 7.13. The lowest BCUT2D eigenvalue weighted by atomic mass is 10.0. The van der Waals surface area contributed by atoms with Gasteiger partial charge in [-0.25, -0.2) is 0 Å². The Kier molecular flexibility index (Phi) is 5.70. The molecule has 0 saturated carbocycles. The zero-order valence-electron chi connectivity index (χ0n) is 13.1. The summed E-state index contributed by atoms with van der Waals surface area (Å²) in [6.07, 6.45) is 0. The lowest BCUT2D eigenvalue weighted by molar-refractivity contribution is 0.471. The van der Waals surface area contributed by atoms with Gasteiger partial charge in [0.05, 0.1) is 0 Å². The summed E-state index contributed by atoms with van der Waals surface area (Å²) in [4.78, 5) is 0. The Balaban J connectivity index is 1.94. The van der Waals surface area contributed by atoms with Crippen molar-refractivity contribution in [2.45, 2.75) is 40.2 Å². The highest BCUT2D eigenvalue weighted by atomic mass is 32.1. The van der Waals surface area contributed by atoms with Gasteiger partial charge in [0, 0.05) is 6.54 Å². The van der Waals surface area contributed by atoms with E-state index < -0.39 is 0 Å². The van der Waals surface area contributed by atoms with E-state index in [1.54, 1.807) is 0 Å². The van der Waals surface area contributed by atoms with Gasteiger partial charge in [-0.05, 0) is 36.1 Å². The Bertz CT molecular complexity index is 566. The fourth-order valence-electron chi connectivity index (χ4n) is 1.86. The molecule has 0 aliphatic carbocycles. The summed E-state index contributed by atoms with van der Waals surface area (Å²) < 4.78 is 5.79. The number of aromatic nitrogens is 2. The number of hydrogen-bond donors (Lipinski definition) is 1. The Labute approximate surface area is 130 Å². The van der Waals surface area contributed by atoms with Crippen molar-refractivity contribution in [2.75, 3.05) is 6.54 Å². The van der Waals surface area contributed by atoms with Gasteiger partial charge in [-0.2, -0.15) is 0 Å². The van der Waals surface area contributed by atoms with E-state index in [0.717, 1.165) is 23.8 Å². The van der Waals surface area contributed by atoms with Crippen LogP contribution in [0.25, 0.3) is 0 Å². The van der Waals surface area contributed by atoms with Gasteiger partial charge in [-0.1, -0.05) is 56.3 Å². The van der Waals surface area contributed by atoms with Crippen LogP contribution in [0.1, 0.15) is 44.2 Å². The van der Waals surface area contributed by atoms with Crippen LogP contribution >= 0.6 is 11.3 Å². The van der Waals surface area contributed by atoms with Gasteiger partial charge in [0.15, 0.2) is 0 Å². The van der Waals surface area contributed by atoms with Crippen molar-refractivity contribution in [2.24, 2.45) is 5.92 Å². The average Bonchev–Trinajstić information content (AvgIpc) is 2.86.